The molecule has 3 rings (SSSR count). The number of H-pyrrole nitrogens is 1. The van der Waals surface area contributed by atoms with E-state index in [4.69, 9.17) is 22.2 Å². The molecule has 14 atom stereocenters. The molecular formula is C79H135N19O15. The summed E-state index contributed by atoms with van der Waals surface area (Å²) in [5, 5.41) is 29.2. The van der Waals surface area contributed by atoms with Crippen molar-refractivity contribution in [1.82, 2.24) is 76.2 Å². The van der Waals surface area contributed by atoms with E-state index in [1.807, 2.05) is 69.2 Å². The molecule has 1 aliphatic heterocycles. The van der Waals surface area contributed by atoms with E-state index in [2.05, 4.69) is 41.9 Å². The number of aliphatic hydroxyl groups excluding tert-OH is 1. The molecule has 1 aliphatic rings. The van der Waals surface area contributed by atoms with E-state index in [-0.39, 0.29) is 111 Å². The van der Waals surface area contributed by atoms with Crippen molar-refractivity contribution in [3.8, 4) is 0 Å². The van der Waals surface area contributed by atoms with Crippen molar-refractivity contribution in [3.05, 3.63) is 29.6 Å². The topological polar surface area (TPSA) is 473 Å². The van der Waals surface area contributed by atoms with Crippen LogP contribution in [-0.2, 0) is 68.7 Å². The van der Waals surface area contributed by atoms with Crippen LogP contribution in [0.25, 0.3) is 11.0 Å². The van der Waals surface area contributed by atoms with Crippen molar-refractivity contribution in [2.75, 3.05) is 62.4 Å². The van der Waals surface area contributed by atoms with Crippen molar-refractivity contribution in [1.29, 1.82) is 0 Å². The molecule has 0 aliphatic carbocycles. The molecule has 2 heterocycles. The number of rotatable bonds is 26. The number of amides is 14. The molecule has 0 saturated carbocycles. The Labute approximate surface area is 667 Å². The van der Waals surface area contributed by atoms with Gasteiger partial charge in [0.2, 0.25) is 76.8 Å². The second kappa shape index (κ2) is 44.2. The molecule has 34 nitrogen and oxygen atoms in total. The van der Waals surface area contributed by atoms with Crippen molar-refractivity contribution < 1.29 is 72.2 Å². The van der Waals surface area contributed by atoms with Crippen LogP contribution in [0.2, 0.25) is 0 Å². The number of likely N-dealkylation sites (N-methyl/N-ethyl adjacent to an activating group) is 7. The fourth-order valence-electron chi connectivity index (χ4n) is 13.9. The van der Waals surface area contributed by atoms with Crippen LogP contribution in [0.5, 0.6) is 0 Å². The third-order valence-corrected chi connectivity index (χ3v) is 20.6. The number of aliphatic hydroxyl groups is 1. The Morgan fingerprint density at radius 3 is 1.55 bits per heavy atom. The number of aromatic nitrogens is 2. The second-order valence-corrected chi connectivity index (χ2v) is 33.5. The standard InChI is InChI=1S/C79H135N19O15/c1-26-51-74(109)92(19)39-61(99)93(20)56(33-41(4)5)71(106)91-62(45(12)13)77(112)94(21)57(34-42(6)7)70(105)84-48(17)67(102)85-49(18)73(108)95(22)58(35-43(8)9)75(110)96(23)59(36-44(10)11)76(111)97(24)63(46(14)15)78(113)98(25)64(72(107)88-51)65(100)47(16)37-60-86-52-30-29-50(38-54(52)87-60)68(103)89-53(28-27-31-83-79(81)82)69(104)90-55(66(80)101)32-40(2)3/h29-30,38,40-49,51,53,55-59,62-65,100H,26-28,31-37,39H2,1-25H3,(H2,80,101)(H,84,105)(H,85,102)(H,86,87)(H,88,107)(H,89,103)(H,90,104)(H,91,106)(H4,81,82,83). The van der Waals surface area contributed by atoms with Gasteiger partial charge in [-0.15, -0.1) is 0 Å². The molecule has 1 aromatic carbocycles. The van der Waals surface area contributed by atoms with Gasteiger partial charge in [0.1, 0.15) is 78.3 Å². The van der Waals surface area contributed by atoms with Crippen LogP contribution in [0.4, 0.5) is 0 Å². The number of hydrogen-bond donors (Lipinski definition) is 11. The van der Waals surface area contributed by atoms with Gasteiger partial charge in [-0.25, -0.2) is 4.98 Å². The van der Waals surface area contributed by atoms with Gasteiger partial charge in [-0.3, -0.25) is 72.1 Å². The summed E-state index contributed by atoms with van der Waals surface area (Å²) in [6.07, 6.45) is -1.03. The number of nitrogens with one attached hydrogen (secondary N) is 7. The molecule has 1 saturated heterocycles. The summed E-state index contributed by atoms with van der Waals surface area (Å²) in [5.41, 5.74) is 17.5. The predicted molar refractivity (Wildman–Crippen MR) is 431 cm³/mol. The smallest absolute Gasteiger partial charge is 0.252 e. The van der Waals surface area contributed by atoms with E-state index in [0.717, 1.165) is 9.80 Å². The van der Waals surface area contributed by atoms with Gasteiger partial charge in [-0.1, -0.05) is 111 Å². The van der Waals surface area contributed by atoms with Crippen molar-refractivity contribution >= 4 is 99.7 Å². The first-order valence-corrected chi connectivity index (χ1v) is 39.6. The van der Waals surface area contributed by atoms with E-state index in [9.17, 15) is 53.1 Å². The maximum atomic E-state index is 15.7. The highest BCUT2D eigenvalue weighted by Gasteiger charge is 2.46. The molecule has 636 valence electrons. The number of hydrogen-bond acceptors (Lipinski definition) is 17. The zero-order chi connectivity index (χ0) is 86.4. The van der Waals surface area contributed by atoms with E-state index in [0.29, 0.717) is 11.0 Å². The maximum Gasteiger partial charge on any atom is 0.252 e. The largest absolute Gasteiger partial charge is 0.390 e. The zero-order valence-electron chi connectivity index (χ0n) is 71.6. The number of aromatic amines is 1. The van der Waals surface area contributed by atoms with Crippen LogP contribution in [-0.4, -0.2) is 279 Å². The van der Waals surface area contributed by atoms with Crippen molar-refractivity contribution in [2.45, 2.75) is 261 Å². The van der Waals surface area contributed by atoms with Crippen LogP contribution in [0, 0.1) is 47.3 Å². The molecule has 0 radical (unpaired) electrons. The second-order valence-electron chi connectivity index (χ2n) is 33.5. The van der Waals surface area contributed by atoms with Gasteiger partial charge < -0.3 is 93.5 Å². The molecule has 1 fully saturated rings. The highest BCUT2D eigenvalue weighted by atomic mass is 16.3. The van der Waals surface area contributed by atoms with E-state index in [1.54, 1.807) is 47.6 Å². The normalized spacial score (nSPS) is 23.5. The molecule has 14 amide bonds. The fraction of sp³-hybridized carbons (Fsp3) is 0.722. The SMILES string of the molecule is CCC1NC(=O)C(C(O)C(C)Cc2nc3ccc(C(=O)NC(CCCN=C(N)N)C(=O)NC(CC(C)C)C(N)=O)cc3[nH]2)N(C)C(=O)C(C(C)C)N(C)C(=O)C(CC(C)C)N(C)C(=O)C(CC(C)C)N(C)C(=O)C(C)NC(=O)C(C)NC(=O)C(CC(C)C)N(C)C(=O)C(C(C)C)NC(=O)C(CC(C)C)N(C)C(=O)CN(C)C1=O. The quantitative estimate of drug-likeness (QED) is 0.0362. The minimum Gasteiger partial charge on any atom is -0.390 e. The number of nitrogens with two attached hydrogens (primary N) is 3. The monoisotopic (exact) mass is 1590 g/mol. The Morgan fingerprint density at radius 1 is 0.549 bits per heavy atom. The summed E-state index contributed by atoms with van der Waals surface area (Å²) < 4.78 is 0. The zero-order valence-corrected chi connectivity index (χ0v) is 71.6. The lowest BCUT2D eigenvalue weighted by Crippen LogP contribution is -2.63. The van der Waals surface area contributed by atoms with Crippen molar-refractivity contribution in [2.24, 2.45) is 69.5 Å². The van der Waals surface area contributed by atoms with Crippen LogP contribution in [0.3, 0.4) is 0 Å². The van der Waals surface area contributed by atoms with Crippen molar-refractivity contribution in [3.63, 3.8) is 0 Å². The Morgan fingerprint density at radius 2 is 1.04 bits per heavy atom. The van der Waals surface area contributed by atoms with Crippen LogP contribution >= 0.6 is 0 Å². The number of guanidine groups is 1. The highest BCUT2D eigenvalue weighted by molar-refractivity contribution is 6.02. The Bertz CT molecular complexity index is 3670. The molecule has 2 aromatic rings. The van der Waals surface area contributed by atoms with Crippen LogP contribution < -0.4 is 49.1 Å². The molecule has 113 heavy (non-hydrogen) atoms. The van der Waals surface area contributed by atoms with E-state index < -0.39 is 186 Å². The highest BCUT2D eigenvalue weighted by Crippen LogP contribution is 2.27. The average molecular weight is 1590 g/mol. The van der Waals surface area contributed by atoms with Gasteiger partial charge in [0.15, 0.2) is 5.96 Å². The molecule has 0 spiro atoms. The summed E-state index contributed by atoms with van der Waals surface area (Å²) in [6.45, 7) is 30.7. The number of carbonyl (C=O) groups excluding carboxylic acids is 14. The number of carbonyl (C=O) groups is 14. The molecule has 34 heteroatoms. The number of aliphatic imine (C=N–C) groups is 1. The fourth-order valence-corrected chi connectivity index (χ4v) is 13.9. The third-order valence-electron chi connectivity index (χ3n) is 20.6. The molecule has 14 unspecified atom stereocenters. The van der Waals surface area contributed by atoms with Gasteiger partial charge >= 0.3 is 0 Å². The number of primary amides is 1. The van der Waals surface area contributed by atoms with E-state index >= 15 is 19.2 Å². The predicted octanol–water partition coefficient (Wildman–Crippen LogP) is 1.59. The molecule has 14 N–H and O–H groups in total. The number of fused-ring (bicyclic) bond motifs is 1. The maximum absolute atomic E-state index is 15.7. The van der Waals surface area contributed by atoms with Gasteiger partial charge in [0.25, 0.3) is 5.91 Å². The summed E-state index contributed by atoms with van der Waals surface area (Å²) in [5.74, 6) is -13.3. The number of benzene rings is 1. The summed E-state index contributed by atoms with van der Waals surface area (Å²) in [4.78, 5) is 224. The lowest BCUT2D eigenvalue weighted by atomic mass is 9.91. The molecular weight excluding hydrogens is 1450 g/mol. The minimum absolute atomic E-state index is 0.0156. The Hall–Kier alpha value is -9.50. The summed E-state index contributed by atoms with van der Waals surface area (Å²) in [6, 6.07) is -11.0. The summed E-state index contributed by atoms with van der Waals surface area (Å²) >= 11 is 0. The molecule has 1 aromatic heterocycles. The average Bonchev–Trinajstić information content (AvgIpc) is 1.68. The number of nitrogens with zero attached hydrogens (tertiary/aromatic N) is 9. The van der Waals surface area contributed by atoms with Crippen LogP contribution in [0.1, 0.15) is 192 Å². The Kier molecular flexibility index (Phi) is 38.2. The van der Waals surface area contributed by atoms with Crippen LogP contribution in [0.15, 0.2) is 23.2 Å². The lowest BCUT2D eigenvalue weighted by molar-refractivity contribution is -0.157. The van der Waals surface area contributed by atoms with Gasteiger partial charge in [-0.2, -0.15) is 0 Å². The number of imidazole rings is 1. The van der Waals surface area contributed by atoms with E-state index in [1.165, 1.54) is 99.8 Å². The first-order valence-electron chi connectivity index (χ1n) is 39.6. The van der Waals surface area contributed by atoms with Gasteiger partial charge in [0.05, 0.1) is 23.7 Å². The van der Waals surface area contributed by atoms with Gasteiger partial charge in [0, 0.05) is 67.9 Å². The molecule has 0 bridgehead atoms. The van der Waals surface area contributed by atoms with Gasteiger partial charge in [-0.05, 0) is 131 Å². The first kappa shape index (κ1) is 97.7. The summed E-state index contributed by atoms with van der Waals surface area (Å²) in [7, 11) is 9.63. The minimum atomic E-state index is -1.85. The Balaban J connectivity index is 2.33. The third kappa shape index (κ3) is 27.9. The lowest BCUT2D eigenvalue weighted by Gasteiger charge is -2.41. The first-order chi connectivity index (χ1) is 52.4.